The zero-order valence-corrected chi connectivity index (χ0v) is 39.4. The maximum atomic E-state index is 14.4. The Hall–Kier alpha value is -6.76. The highest BCUT2D eigenvalue weighted by atomic mass is 35.5. The molecule has 19 nitrogen and oxygen atoms in total. The molecule has 0 aliphatic rings. The number of esters is 1. The first-order valence-corrected chi connectivity index (χ1v) is 22.3. The molecule has 3 aromatic carbocycles. The Bertz CT molecular complexity index is 2190. The number of nitrogens with one attached hydrogen (secondary N) is 4. The number of phenols is 1. The maximum Gasteiger partial charge on any atom is 0.407 e. The van der Waals surface area contributed by atoms with Crippen molar-refractivity contribution in [3.8, 4) is 5.75 Å². The van der Waals surface area contributed by atoms with Crippen LogP contribution in [0.2, 0.25) is 5.02 Å². The number of guanidine groups is 1. The van der Waals surface area contributed by atoms with E-state index in [0.717, 1.165) is 0 Å². The number of benzene rings is 3. The summed E-state index contributed by atoms with van der Waals surface area (Å²) in [5, 5.41) is 34.2. The number of unbranched alkanes of at least 4 members (excludes halogenated alkanes) is 1. The van der Waals surface area contributed by atoms with Gasteiger partial charge in [0.1, 0.15) is 29.1 Å². The van der Waals surface area contributed by atoms with Gasteiger partial charge in [0.15, 0.2) is 10.8 Å². The van der Waals surface area contributed by atoms with Crippen LogP contribution in [0.5, 0.6) is 5.75 Å². The van der Waals surface area contributed by atoms with E-state index in [2.05, 4.69) is 26.4 Å². The fourth-order valence-corrected chi connectivity index (χ4v) is 7.41. The van der Waals surface area contributed by atoms with Crippen LogP contribution >= 0.6 is 11.6 Å². The van der Waals surface area contributed by atoms with Crippen LogP contribution in [0.25, 0.3) is 0 Å². The van der Waals surface area contributed by atoms with Gasteiger partial charge in [-0.25, -0.2) is 14.9 Å². The Balaban J connectivity index is 1.82. The van der Waals surface area contributed by atoms with Crippen molar-refractivity contribution in [2.24, 2.45) is 28.4 Å². The molecular weight excluding hydrogens is 888 g/mol. The number of hydrogen-bond acceptors (Lipinski definition) is 11. The number of aryl methyl sites for hydroxylation is 2. The normalized spacial score (nSPS) is 13.3. The third-order valence-corrected chi connectivity index (χ3v) is 10.9. The molecule has 0 saturated heterocycles. The van der Waals surface area contributed by atoms with Gasteiger partial charge in [0.05, 0.1) is 18.4 Å². The van der Waals surface area contributed by atoms with Crippen molar-refractivity contribution in [1.82, 2.24) is 21.3 Å². The number of nitrogens with zero attached hydrogens (tertiary/aromatic N) is 2. The van der Waals surface area contributed by atoms with Gasteiger partial charge in [-0.2, -0.15) is 0 Å². The molecule has 3 rings (SSSR count). The highest BCUT2D eigenvalue weighted by Crippen LogP contribution is 2.26. The molecule has 20 heteroatoms. The van der Waals surface area contributed by atoms with Gasteiger partial charge in [0.2, 0.25) is 17.7 Å². The topological polar surface area (TPSA) is 297 Å². The molecule has 0 unspecified atom stereocenters. The summed E-state index contributed by atoms with van der Waals surface area (Å²) in [6, 6.07) is 16.6. The number of hydrazone groups is 1. The van der Waals surface area contributed by atoms with E-state index in [1.807, 2.05) is 0 Å². The first-order valence-electron chi connectivity index (χ1n) is 22.0. The summed E-state index contributed by atoms with van der Waals surface area (Å²) in [7, 11) is 0. The molecule has 9 N–H and O–H groups in total. The van der Waals surface area contributed by atoms with E-state index < -0.39 is 82.5 Å². The molecular formula is C47H63ClN8O11. The van der Waals surface area contributed by atoms with E-state index in [1.165, 1.54) is 0 Å². The number of ether oxygens (including phenoxy) is 2. The van der Waals surface area contributed by atoms with Crippen LogP contribution in [0, 0.1) is 35.8 Å². The van der Waals surface area contributed by atoms with Crippen LogP contribution in [-0.2, 0) is 52.9 Å². The van der Waals surface area contributed by atoms with Crippen LogP contribution in [0.15, 0.2) is 71.8 Å². The fraction of sp³-hybridized carbons (Fsp3) is 0.468. The number of alkyl carbamates (subject to hydrolysis) is 1. The lowest BCUT2D eigenvalue weighted by atomic mass is 9.88. The summed E-state index contributed by atoms with van der Waals surface area (Å²) in [5.74, 6) is -5.83. The molecule has 0 aliphatic heterocycles. The van der Waals surface area contributed by atoms with Gasteiger partial charge in [0.25, 0.3) is 5.96 Å². The number of nitrogens with two attached hydrogens (primary N) is 2. The van der Waals surface area contributed by atoms with E-state index in [-0.39, 0.29) is 64.0 Å². The SMILES string of the molecule is Cc1cc(O)cc(C)c1C[C@H](CC(=O)OC(C)(C)C)C(=O)N[C@H](CCCN/C(N)=N\[N+](=O)[O-])C(=O)C[C@@H](Cc1ccccc1)C(=O)N[C@@H](CCCCNC(=O)OCc1ccccc1Cl)C(N)=O. The average Bonchev–Trinajstić information content (AvgIpc) is 3.23. The number of carbonyl (C=O) groups is 6. The number of rotatable bonds is 26. The van der Waals surface area contributed by atoms with E-state index in [0.29, 0.717) is 45.7 Å². The monoisotopic (exact) mass is 950 g/mol. The number of phenolic OH excluding ortho intramolecular Hbond substituents is 1. The molecule has 0 aliphatic carbocycles. The summed E-state index contributed by atoms with van der Waals surface area (Å²) in [6.45, 7) is 8.80. The summed E-state index contributed by atoms with van der Waals surface area (Å²) in [4.78, 5) is 91.7. The Morgan fingerprint density at radius 1 is 0.806 bits per heavy atom. The van der Waals surface area contributed by atoms with Crippen LogP contribution < -0.4 is 32.7 Å². The minimum absolute atomic E-state index is 0.0174. The Labute approximate surface area is 395 Å². The molecule has 364 valence electrons. The van der Waals surface area contributed by atoms with E-state index in [4.69, 9.17) is 32.5 Å². The zero-order valence-electron chi connectivity index (χ0n) is 38.6. The number of carbonyl (C=O) groups excluding carboxylic acids is 6. The van der Waals surface area contributed by atoms with Gasteiger partial charge in [-0.15, -0.1) is 0 Å². The van der Waals surface area contributed by atoms with Crippen LogP contribution in [0.1, 0.15) is 93.5 Å². The van der Waals surface area contributed by atoms with Gasteiger partial charge in [0, 0.05) is 36.0 Å². The van der Waals surface area contributed by atoms with Crippen molar-refractivity contribution in [1.29, 1.82) is 0 Å². The third-order valence-electron chi connectivity index (χ3n) is 10.5. The fourth-order valence-electron chi connectivity index (χ4n) is 7.22. The standard InChI is InChI=1S/C47H63ClN8O11/c1-29-22-35(57)23-30(2)36(29)25-34(27-41(59)67-47(3,4)5)44(62)53-38(19-13-21-51-45(50)55-56(64)65)40(58)26-33(24-31-14-7-6-8-15-31)43(61)54-39(42(49)60)18-11-12-20-52-46(63)66-28-32-16-9-10-17-37(32)48/h6-10,14-17,22-23,33-34,38-39,57H,11-13,18-21,24-28H2,1-5H3,(H2,49,60)(H,52,63)(H,53,62)(H,54,61)(H3,50,51,55)/t33-,34-,38-,39+/m1/s1. The predicted molar refractivity (Wildman–Crippen MR) is 251 cm³/mol. The summed E-state index contributed by atoms with van der Waals surface area (Å²) >= 11 is 6.12. The Kier molecular flexibility index (Phi) is 22.0. The highest BCUT2D eigenvalue weighted by molar-refractivity contribution is 6.31. The molecule has 0 saturated carbocycles. The number of aromatic hydroxyl groups is 1. The highest BCUT2D eigenvalue weighted by Gasteiger charge is 2.33. The number of Topliss-reactive ketones (excluding diaryl/α,β-unsaturated/α-hetero) is 1. The van der Waals surface area contributed by atoms with Crippen molar-refractivity contribution in [3.05, 3.63) is 110 Å². The molecule has 4 amide bonds. The van der Waals surface area contributed by atoms with Gasteiger partial charge in [-0.3, -0.25) is 24.0 Å². The average molecular weight is 952 g/mol. The molecule has 0 aromatic heterocycles. The van der Waals surface area contributed by atoms with E-state index >= 15 is 0 Å². The van der Waals surface area contributed by atoms with Gasteiger partial charge >= 0.3 is 12.1 Å². The largest absolute Gasteiger partial charge is 0.508 e. The number of primary amides is 1. The Morgan fingerprint density at radius 3 is 2.00 bits per heavy atom. The van der Waals surface area contributed by atoms with E-state index in [1.54, 1.807) is 101 Å². The van der Waals surface area contributed by atoms with Crippen molar-refractivity contribution < 1.29 is 48.4 Å². The zero-order chi connectivity index (χ0) is 49.7. The molecule has 0 spiro atoms. The number of amides is 4. The third kappa shape index (κ3) is 20.5. The lowest BCUT2D eigenvalue weighted by Gasteiger charge is -2.26. The van der Waals surface area contributed by atoms with Gasteiger partial charge < -0.3 is 47.3 Å². The quantitative estimate of drug-likeness (QED) is 0.0142. The Morgan fingerprint density at radius 2 is 1.39 bits per heavy atom. The smallest absolute Gasteiger partial charge is 0.407 e. The second-order valence-electron chi connectivity index (χ2n) is 17.2. The van der Waals surface area contributed by atoms with Gasteiger partial charge in [-0.05, 0) is 120 Å². The second-order valence-corrected chi connectivity index (χ2v) is 17.6. The van der Waals surface area contributed by atoms with E-state index in [9.17, 15) is 44.0 Å². The summed E-state index contributed by atoms with van der Waals surface area (Å²) in [6.07, 6.45) is -0.266. The van der Waals surface area contributed by atoms with Crippen LogP contribution in [0.3, 0.4) is 0 Å². The predicted octanol–water partition coefficient (Wildman–Crippen LogP) is 4.80. The van der Waals surface area contributed by atoms with Crippen molar-refractivity contribution in [2.75, 3.05) is 13.1 Å². The lowest BCUT2D eigenvalue weighted by Crippen LogP contribution is -2.49. The number of ketones is 1. The van der Waals surface area contributed by atoms with Crippen LogP contribution in [0.4, 0.5) is 4.79 Å². The van der Waals surface area contributed by atoms with Crippen molar-refractivity contribution in [2.45, 2.75) is 117 Å². The molecule has 0 bridgehead atoms. The number of halogens is 1. The first kappa shape index (κ1) is 54.6. The molecule has 3 aromatic rings. The number of hydrogen-bond donors (Lipinski definition) is 7. The molecule has 0 radical (unpaired) electrons. The van der Waals surface area contributed by atoms with Crippen LogP contribution in [-0.4, -0.2) is 82.4 Å². The van der Waals surface area contributed by atoms with Crippen molar-refractivity contribution in [3.63, 3.8) is 0 Å². The van der Waals surface area contributed by atoms with Crippen molar-refractivity contribution >= 4 is 53.1 Å². The molecule has 4 atom stereocenters. The lowest BCUT2D eigenvalue weighted by molar-refractivity contribution is -0.485. The molecule has 67 heavy (non-hydrogen) atoms. The first-order chi connectivity index (χ1) is 31.6. The minimum atomic E-state index is -1.23. The summed E-state index contributed by atoms with van der Waals surface area (Å²) < 4.78 is 10.8. The second kappa shape index (κ2) is 27.0. The summed E-state index contributed by atoms with van der Waals surface area (Å²) in [5.41, 5.74) is 13.9. The minimum Gasteiger partial charge on any atom is -0.508 e. The maximum absolute atomic E-state index is 14.4. The van der Waals surface area contributed by atoms with Gasteiger partial charge in [-0.1, -0.05) is 60.1 Å². The molecule has 0 fully saturated rings. The molecule has 0 heterocycles. The number of nitro groups is 1.